The molecule has 1 aromatic rings. The molecule has 7 nitrogen and oxygen atoms in total. The largest absolute Gasteiger partial charge is 0.444 e. The summed E-state index contributed by atoms with van der Waals surface area (Å²) in [5.41, 5.74) is -0.538. The van der Waals surface area contributed by atoms with Crippen LogP contribution in [0.5, 0.6) is 0 Å². The molecule has 0 aliphatic carbocycles. The van der Waals surface area contributed by atoms with Crippen molar-refractivity contribution in [2.24, 2.45) is 7.05 Å². The number of hydrogen-bond donors (Lipinski definition) is 1. The molecule has 0 saturated carbocycles. The Morgan fingerprint density at radius 3 is 2.68 bits per heavy atom. The number of amides is 1. The van der Waals surface area contributed by atoms with Gasteiger partial charge in [0.2, 0.25) is 0 Å². The van der Waals surface area contributed by atoms with Gasteiger partial charge in [0.25, 0.3) is 0 Å². The second-order valence-electron chi connectivity index (χ2n) is 5.84. The molecule has 1 fully saturated rings. The second kappa shape index (κ2) is 4.80. The summed E-state index contributed by atoms with van der Waals surface area (Å²) in [5.74, 6) is 0.301. The number of nitrogens with zero attached hydrogens (tertiary/aromatic N) is 4. The summed E-state index contributed by atoms with van der Waals surface area (Å²) in [4.78, 5) is 17.6. The van der Waals surface area contributed by atoms with Crippen molar-refractivity contribution >= 4 is 6.09 Å². The summed E-state index contributed by atoms with van der Waals surface area (Å²) in [7, 11) is 1.77. The van der Waals surface area contributed by atoms with Gasteiger partial charge < -0.3 is 14.7 Å². The Bertz CT molecular complexity index is 466. The number of aliphatic hydroxyl groups excluding tert-OH is 1. The van der Waals surface area contributed by atoms with Gasteiger partial charge in [-0.1, -0.05) is 0 Å². The van der Waals surface area contributed by atoms with E-state index >= 15 is 0 Å². The minimum atomic E-state index is -0.657. The first-order valence-corrected chi connectivity index (χ1v) is 6.28. The molecule has 2 unspecified atom stereocenters. The van der Waals surface area contributed by atoms with Crippen LogP contribution in [0, 0.1) is 0 Å². The summed E-state index contributed by atoms with van der Waals surface area (Å²) >= 11 is 0. The van der Waals surface area contributed by atoms with E-state index in [0.29, 0.717) is 12.4 Å². The normalized spacial score (nSPS) is 23.7. The van der Waals surface area contributed by atoms with Crippen molar-refractivity contribution in [1.29, 1.82) is 0 Å². The lowest BCUT2D eigenvalue weighted by Crippen LogP contribution is -2.35. The van der Waals surface area contributed by atoms with Crippen LogP contribution in [0.4, 0.5) is 4.79 Å². The maximum absolute atomic E-state index is 11.9. The zero-order valence-corrected chi connectivity index (χ0v) is 11.7. The lowest BCUT2D eigenvalue weighted by molar-refractivity contribution is 0.0270. The molecule has 2 rings (SSSR count). The van der Waals surface area contributed by atoms with Crippen LogP contribution >= 0.6 is 0 Å². The number of carbonyl (C=O) groups is 1. The number of aliphatic hydroxyl groups is 1. The fourth-order valence-corrected chi connectivity index (χ4v) is 2.04. The first-order chi connectivity index (χ1) is 8.76. The third kappa shape index (κ3) is 3.23. The van der Waals surface area contributed by atoms with E-state index in [-0.39, 0.29) is 12.5 Å². The summed E-state index contributed by atoms with van der Waals surface area (Å²) in [6.07, 6.45) is 0.512. The van der Waals surface area contributed by atoms with Gasteiger partial charge in [0, 0.05) is 13.6 Å². The van der Waals surface area contributed by atoms with E-state index in [1.165, 1.54) is 4.90 Å². The van der Waals surface area contributed by atoms with E-state index in [1.54, 1.807) is 18.1 Å². The Kier molecular flexibility index (Phi) is 3.49. The molecule has 1 aliphatic heterocycles. The molecule has 1 aliphatic rings. The topological polar surface area (TPSA) is 80.5 Å². The number of rotatable bonds is 1. The van der Waals surface area contributed by atoms with Gasteiger partial charge in [-0.3, -0.25) is 4.68 Å². The third-order valence-electron chi connectivity index (χ3n) is 2.89. The molecule has 106 valence electrons. The Balaban J connectivity index is 2.03. The number of likely N-dealkylation sites (tertiary alicyclic amines) is 1. The third-order valence-corrected chi connectivity index (χ3v) is 2.89. The van der Waals surface area contributed by atoms with E-state index in [0.717, 1.165) is 0 Å². The zero-order chi connectivity index (χ0) is 14.2. The average molecular weight is 268 g/mol. The maximum Gasteiger partial charge on any atom is 0.410 e. The van der Waals surface area contributed by atoms with Crippen molar-refractivity contribution in [2.45, 2.75) is 38.4 Å². The maximum atomic E-state index is 11.9. The van der Waals surface area contributed by atoms with E-state index in [9.17, 15) is 9.90 Å². The van der Waals surface area contributed by atoms with Crippen LogP contribution in [-0.2, 0) is 11.8 Å². The molecule has 0 bridgehead atoms. The Morgan fingerprint density at radius 1 is 1.47 bits per heavy atom. The van der Waals surface area contributed by atoms with Gasteiger partial charge in [-0.25, -0.2) is 9.78 Å². The Hall–Kier alpha value is -1.63. The molecule has 7 heteroatoms. The highest BCUT2D eigenvalue weighted by molar-refractivity contribution is 5.68. The lowest BCUT2D eigenvalue weighted by atomic mass is 10.1. The quantitative estimate of drug-likeness (QED) is 0.802. The van der Waals surface area contributed by atoms with Crippen molar-refractivity contribution < 1.29 is 14.6 Å². The molecule has 0 aromatic carbocycles. The number of β-amino-alcohol motifs (C(OH)–C–C–N with tert-alkyl or cyclic N) is 1. The molecule has 19 heavy (non-hydrogen) atoms. The van der Waals surface area contributed by atoms with Crippen LogP contribution in [0.25, 0.3) is 0 Å². The van der Waals surface area contributed by atoms with Gasteiger partial charge in [0.05, 0.1) is 18.6 Å². The number of ether oxygens (including phenoxy) is 1. The first-order valence-electron chi connectivity index (χ1n) is 6.28. The van der Waals surface area contributed by atoms with Crippen LogP contribution in [0.1, 0.15) is 32.5 Å². The summed E-state index contributed by atoms with van der Waals surface area (Å²) in [5, 5.41) is 14.2. The Labute approximate surface area is 112 Å². The molecule has 0 radical (unpaired) electrons. The lowest BCUT2D eigenvalue weighted by Gasteiger charge is -2.24. The van der Waals surface area contributed by atoms with Gasteiger partial charge in [-0.05, 0) is 20.8 Å². The SMILES string of the molecule is Cn1cnc(C2CN(C(=O)OC(C)(C)C)CC2O)n1. The number of aryl methyl sites for hydroxylation is 1. The van der Waals surface area contributed by atoms with Gasteiger partial charge in [-0.15, -0.1) is 0 Å². The molecule has 1 N–H and O–H groups in total. The summed E-state index contributed by atoms with van der Waals surface area (Å²) in [6, 6.07) is 0. The molecule has 0 spiro atoms. The van der Waals surface area contributed by atoms with Crippen LogP contribution in [0.3, 0.4) is 0 Å². The molecular formula is C12H20N4O3. The fourth-order valence-electron chi connectivity index (χ4n) is 2.04. The molecule has 2 atom stereocenters. The van der Waals surface area contributed by atoms with Crippen LogP contribution in [0.2, 0.25) is 0 Å². The highest BCUT2D eigenvalue weighted by Crippen LogP contribution is 2.26. The number of carbonyl (C=O) groups excluding carboxylic acids is 1. The highest BCUT2D eigenvalue weighted by atomic mass is 16.6. The first kappa shape index (κ1) is 13.8. The highest BCUT2D eigenvalue weighted by Gasteiger charge is 2.38. The van der Waals surface area contributed by atoms with Gasteiger partial charge in [0.1, 0.15) is 11.9 Å². The van der Waals surface area contributed by atoms with Crippen molar-refractivity contribution in [2.75, 3.05) is 13.1 Å². The van der Waals surface area contributed by atoms with E-state index in [1.807, 2.05) is 20.8 Å². The molecule has 1 amide bonds. The Morgan fingerprint density at radius 2 is 2.16 bits per heavy atom. The number of hydrogen-bond acceptors (Lipinski definition) is 5. The van der Waals surface area contributed by atoms with Crippen molar-refractivity contribution in [1.82, 2.24) is 19.7 Å². The minimum Gasteiger partial charge on any atom is -0.444 e. The van der Waals surface area contributed by atoms with Gasteiger partial charge in [-0.2, -0.15) is 5.10 Å². The van der Waals surface area contributed by atoms with Crippen molar-refractivity contribution in [3.05, 3.63) is 12.2 Å². The molecule has 1 aromatic heterocycles. The average Bonchev–Trinajstić information content (AvgIpc) is 2.82. The van der Waals surface area contributed by atoms with Gasteiger partial charge >= 0.3 is 6.09 Å². The van der Waals surface area contributed by atoms with Crippen molar-refractivity contribution in [3.63, 3.8) is 0 Å². The fraction of sp³-hybridized carbons (Fsp3) is 0.750. The predicted octanol–water partition coefficient (Wildman–Crippen LogP) is 0.510. The monoisotopic (exact) mass is 268 g/mol. The molecular weight excluding hydrogens is 248 g/mol. The van der Waals surface area contributed by atoms with E-state index in [4.69, 9.17) is 4.74 Å². The molecule has 2 heterocycles. The zero-order valence-electron chi connectivity index (χ0n) is 11.7. The second-order valence-corrected chi connectivity index (χ2v) is 5.84. The standard InChI is InChI=1S/C12H20N4O3/c1-12(2,3)19-11(18)16-5-8(9(17)6-16)10-13-7-15(4)14-10/h7-9,17H,5-6H2,1-4H3. The molecule has 1 saturated heterocycles. The minimum absolute atomic E-state index is 0.248. The van der Waals surface area contributed by atoms with Crippen molar-refractivity contribution in [3.8, 4) is 0 Å². The van der Waals surface area contributed by atoms with Crippen LogP contribution in [-0.4, -0.2) is 55.7 Å². The van der Waals surface area contributed by atoms with Gasteiger partial charge in [0.15, 0.2) is 5.82 Å². The predicted molar refractivity (Wildman–Crippen MR) is 67.6 cm³/mol. The van der Waals surface area contributed by atoms with Crippen LogP contribution in [0.15, 0.2) is 6.33 Å². The van der Waals surface area contributed by atoms with E-state index in [2.05, 4.69) is 10.1 Å². The smallest absolute Gasteiger partial charge is 0.410 e. The van der Waals surface area contributed by atoms with Crippen LogP contribution < -0.4 is 0 Å². The summed E-state index contributed by atoms with van der Waals surface area (Å²) in [6.45, 7) is 6.07. The van der Waals surface area contributed by atoms with E-state index < -0.39 is 17.8 Å². The number of aromatic nitrogens is 3. The summed E-state index contributed by atoms with van der Waals surface area (Å²) < 4.78 is 6.87.